The van der Waals surface area contributed by atoms with Crippen molar-refractivity contribution in [1.29, 1.82) is 0 Å². The highest BCUT2D eigenvalue weighted by atomic mass is 32.1. The van der Waals surface area contributed by atoms with Crippen molar-refractivity contribution in [2.75, 3.05) is 18.2 Å². The summed E-state index contributed by atoms with van der Waals surface area (Å²) in [7, 11) is 1.50. The number of nitrogens with zero attached hydrogens (tertiary/aromatic N) is 7. The molecule has 198 valence electrons. The molecule has 0 saturated carbocycles. The molecule has 0 bridgehead atoms. The molecule has 11 nitrogen and oxygen atoms in total. The highest BCUT2D eigenvalue weighted by molar-refractivity contribution is 7.13. The quantitative estimate of drug-likeness (QED) is 0.291. The van der Waals surface area contributed by atoms with E-state index >= 15 is 0 Å². The van der Waals surface area contributed by atoms with Gasteiger partial charge in [0, 0.05) is 30.4 Å². The molecule has 0 fully saturated rings. The second-order valence-electron chi connectivity index (χ2n) is 8.83. The minimum atomic E-state index is -0.453. The van der Waals surface area contributed by atoms with E-state index in [1.54, 1.807) is 34.9 Å². The van der Waals surface area contributed by atoms with Gasteiger partial charge in [-0.1, -0.05) is 30.3 Å². The van der Waals surface area contributed by atoms with Crippen LogP contribution in [0.2, 0.25) is 0 Å². The van der Waals surface area contributed by atoms with Crippen LogP contribution in [0.25, 0.3) is 38.2 Å². The Balaban J connectivity index is 1.53. The predicted octanol–water partition coefficient (Wildman–Crippen LogP) is 4.52. The lowest BCUT2D eigenvalue weighted by molar-refractivity contribution is 0.380. The van der Waals surface area contributed by atoms with Crippen molar-refractivity contribution >= 4 is 34.0 Å². The molecule has 0 unspecified atom stereocenters. The van der Waals surface area contributed by atoms with Gasteiger partial charge in [0.05, 0.1) is 45.7 Å². The van der Waals surface area contributed by atoms with Gasteiger partial charge < -0.3 is 15.8 Å². The Bertz CT molecular complexity index is 1860. The van der Waals surface area contributed by atoms with Crippen LogP contribution < -0.4 is 21.3 Å². The standard InChI is InChI=1S/C28H23N9O2S/c1-16(34-24-20(13-31-27(29)36-24)22-14-30-15-40-22)25-35-21-10-6-9-19(17-11-32-28(39-2)33-12-17)23(21)26(38)37(25)18-7-4-3-5-8-18/h3-16H,1-2H3,(H3,29,31,34,36)/t16-/m1/s1. The smallest absolute Gasteiger partial charge is 0.316 e. The van der Waals surface area contributed by atoms with Gasteiger partial charge in [0.15, 0.2) is 0 Å². The predicted molar refractivity (Wildman–Crippen MR) is 155 cm³/mol. The Hall–Kier alpha value is -5.23. The minimum Gasteiger partial charge on any atom is -0.467 e. The normalized spacial score (nSPS) is 11.8. The molecule has 4 aromatic heterocycles. The highest BCUT2D eigenvalue weighted by Crippen LogP contribution is 2.32. The maximum Gasteiger partial charge on any atom is 0.316 e. The molecule has 6 rings (SSSR count). The monoisotopic (exact) mass is 549 g/mol. The number of anilines is 2. The molecule has 2 aromatic carbocycles. The number of thiazole rings is 1. The lowest BCUT2D eigenvalue weighted by atomic mass is 10.0. The van der Waals surface area contributed by atoms with Crippen LogP contribution in [-0.2, 0) is 0 Å². The van der Waals surface area contributed by atoms with Crippen molar-refractivity contribution in [3.8, 4) is 33.3 Å². The van der Waals surface area contributed by atoms with E-state index in [2.05, 4.69) is 30.2 Å². The number of nitrogens with two attached hydrogens (primary N) is 1. The van der Waals surface area contributed by atoms with Crippen molar-refractivity contribution in [1.82, 2.24) is 34.5 Å². The number of nitrogen functional groups attached to an aromatic ring is 1. The SMILES string of the molecule is COc1ncc(-c2cccc3nc([C@@H](C)Nc4nc(N)ncc4-c4cncs4)n(-c4ccccc4)c(=O)c23)cn1. The first-order valence-electron chi connectivity index (χ1n) is 12.3. The summed E-state index contributed by atoms with van der Waals surface area (Å²) in [6.07, 6.45) is 6.66. The molecule has 1 atom stereocenters. The Labute approximate surface area is 232 Å². The molecule has 40 heavy (non-hydrogen) atoms. The fourth-order valence-electron chi connectivity index (χ4n) is 4.47. The van der Waals surface area contributed by atoms with Crippen LogP contribution in [0.5, 0.6) is 6.01 Å². The summed E-state index contributed by atoms with van der Waals surface area (Å²) in [5.74, 6) is 1.14. The maximum absolute atomic E-state index is 14.3. The van der Waals surface area contributed by atoms with E-state index in [1.807, 2.05) is 55.5 Å². The fraction of sp³-hybridized carbons (Fsp3) is 0.107. The largest absolute Gasteiger partial charge is 0.467 e. The Morgan fingerprint density at radius 3 is 2.48 bits per heavy atom. The van der Waals surface area contributed by atoms with E-state index in [0.717, 1.165) is 10.4 Å². The van der Waals surface area contributed by atoms with Crippen molar-refractivity contribution in [2.24, 2.45) is 0 Å². The zero-order chi connectivity index (χ0) is 27.6. The molecule has 0 aliphatic carbocycles. The van der Waals surface area contributed by atoms with Crippen LogP contribution in [0, 0.1) is 0 Å². The lowest BCUT2D eigenvalue weighted by Crippen LogP contribution is -2.28. The molecule has 0 aliphatic rings. The third-order valence-corrected chi connectivity index (χ3v) is 7.11. The number of fused-ring (bicyclic) bond motifs is 1. The third-order valence-electron chi connectivity index (χ3n) is 6.31. The molecule has 0 aliphatic heterocycles. The van der Waals surface area contributed by atoms with E-state index in [9.17, 15) is 4.79 Å². The lowest BCUT2D eigenvalue weighted by Gasteiger charge is -2.21. The summed E-state index contributed by atoms with van der Waals surface area (Å²) in [5.41, 5.74) is 10.8. The molecule has 3 N–H and O–H groups in total. The van der Waals surface area contributed by atoms with Gasteiger partial charge >= 0.3 is 6.01 Å². The molecular formula is C28H23N9O2S. The van der Waals surface area contributed by atoms with Crippen LogP contribution in [0.15, 0.2) is 83.6 Å². The molecule has 6 aromatic rings. The zero-order valence-corrected chi connectivity index (χ0v) is 22.3. The average molecular weight is 550 g/mol. The maximum atomic E-state index is 14.3. The number of para-hydroxylation sites is 1. The van der Waals surface area contributed by atoms with Gasteiger partial charge in [-0.15, -0.1) is 11.3 Å². The van der Waals surface area contributed by atoms with Crippen LogP contribution in [0.4, 0.5) is 11.8 Å². The Morgan fingerprint density at radius 1 is 0.950 bits per heavy atom. The second kappa shape index (κ2) is 10.5. The van der Waals surface area contributed by atoms with Gasteiger partial charge in [0.25, 0.3) is 5.56 Å². The second-order valence-corrected chi connectivity index (χ2v) is 9.71. The summed E-state index contributed by atoms with van der Waals surface area (Å²) >= 11 is 1.46. The van der Waals surface area contributed by atoms with Crippen LogP contribution >= 0.6 is 11.3 Å². The van der Waals surface area contributed by atoms with Crippen molar-refractivity contribution in [2.45, 2.75) is 13.0 Å². The summed E-state index contributed by atoms with van der Waals surface area (Å²) in [5, 5.41) is 3.86. The number of methoxy groups -OCH3 is 1. The van der Waals surface area contributed by atoms with Gasteiger partial charge in [0.2, 0.25) is 5.95 Å². The number of nitrogens with one attached hydrogen (secondary N) is 1. The molecule has 0 spiro atoms. The van der Waals surface area contributed by atoms with Crippen LogP contribution in [0.3, 0.4) is 0 Å². The van der Waals surface area contributed by atoms with E-state index < -0.39 is 6.04 Å². The average Bonchev–Trinajstić information content (AvgIpc) is 3.52. The highest BCUT2D eigenvalue weighted by Gasteiger charge is 2.22. The van der Waals surface area contributed by atoms with Crippen LogP contribution in [0.1, 0.15) is 18.8 Å². The van der Waals surface area contributed by atoms with Crippen molar-refractivity contribution in [3.05, 3.63) is 95.0 Å². The molecular weight excluding hydrogens is 526 g/mol. The van der Waals surface area contributed by atoms with Gasteiger partial charge in [-0.2, -0.15) is 4.98 Å². The molecule has 0 radical (unpaired) electrons. The van der Waals surface area contributed by atoms with E-state index in [0.29, 0.717) is 39.4 Å². The van der Waals surface area contributed by atoms with Gasteiger partial charge in [-0.05, 0) is 30.7 Å². The number of ether oxygens (including phenoxy) is 1. The first kappa shape index (κ1) is 25.1. The first-order valence-corrected chi connectivity index (χ1v) is 13.2. The van der Waals surface area contributed by atoms with Crippen LogP contribution in [-0.4, -0.2) is 41.6 Å². The number of hydrogen-bond acceptors (Lipinski definition) is 11. The molecule has 4 heterocycles. The van der Waals surface area contributed by atoms with E-state index in [-0.39, 0.29) is 17.5 Å². The number of benzene rings is 2. The summed E-state index contributed by atoms with van der Waals surface area (Å²) < 4.78 is 6.71. The summed E-state index contributed by atoms with van der Waals surface area (Å²) in [6.45, 7) is 1.92. The van der Waals surface area contributed by atoms with Gasteiger partial charge in [0.1, 0.15) is 11.6 Å². The third kappa shape index (κ3) is 4.60. The molecule has 12 heteroatoms. The summed E-state index contributed by atoms with van der Waals surface area (Å²) in [6, 6.07) is 14.7. The fourth-order valence-corrected chi connectivity index (χ4v) is 5.10. The first-order chi connectivity index (χ1) is 19.5. The Morgan fingerprint density at radius 2 is 1.75 bits per heavy atom. The van der Waals surface area contributed by atoms with Gasteiger partial charge in [-0.3, -0.25) is 14.3 Å². The molecule has 0 saturated heterocycles. The number of hydrogen-bond donors (Lipinski definition) is 2. The Kier molecular flexibility index (Phi) is 6.58. The number of rotatable bonds is 7. The van der Waals surface area contributed by atoms with Gasteiger partial charge in [-0.25, -0.2) is 19.9 Å². The van der Waals surface area contributed by atoms with E-state index in [4.69, 9.17) is 15.5 Å². The van der Waals surface area contributed by atoms with Crippen molar-refractivity contribution in [3.63, 3.8) is 0 Å². The minimum absolute atomic E-state index is 0.126. The van der Waals surface area contributed by atoms with E-state index in [1.165, 1.54) is 18.4 Å². The van der Waals surface area contributed by atoms with Crippen molar-refractivity contribution < 1.29 is 4.74 Å². The summed E-state index contributed by atoms with van der Waals surface area (Å²) in [4.78, 5) is 41.4. The topological polar surface area (TPSA) is 147 Å². The number of aromatic nitrogens is 7. The molecule has 0 amide bonds. The zero-order valence-electron chi connectivity index (χ0n) is 21.5.